The lowest BCUT2D eigenvalue weighted by Gasteiger charge is -2.10. The van der Waals surface area contributed by atoms with Gasteiger partial charge >= 0.3 is 0 Å². The van der Waals surface area contributed by atoms with Gasteiger partial charge in [0.25, 0.3) is 0 Å². The lowest BCUT2D eigenvalue weighted by Crippen LogP contribution is -2.04. The number of hydrogen-bond donors (Lipinski definition) is 1. The second-order valence-electron chi connectivity index (χ2n) is 5.73. The average Bonchev–Trinajstić information content (AvgIpc) is 3.15. The van der Waals surface area contributed by atoms with E-state index in [-0.39, 0.29) is 0 Å². The van der Waals surface area contributed by atoms with E-state index in [1.165, 1.54) is 11.1 Å². The molecule has 0 fully saturated rings. The molecule has 2 aromatic heterocycles. The van der Waals surface area contributed by atoms with E-state index in [4.69, 9.17) is 4.42 Å². The van der Waals surface area contributed by atoms with Crippen LogP contribution in [0.5, 0.6) is 0 Å². The number of benzene rings is 2. The molecule has 0 amide bonds. The number of nitrogens with zero attached hydrogens (tertiary/aromatic N) is 2. The Morgan fingerprint density at radius 3 is 2.54 bits per heavy atom. The SMILES string of the molecule is Cc1ccc(CNc2nc(-c3ccco3)nc3ccccc23)cc1. The molecule has 4 nitrogen and oxygen atoms in total. The van der Waals surface area contributed by atoms with Gasteiger partial charge in [-0.3, -0.25) is 0 Å². The van der Waals surface area contributed by atoms with Crippen LogP contribution in [0.2, 0.25) is 0 Å². The second-order valence-corrected chi connectivity index (χ2v) is 5.73. The van der Waals surface area contributed by atoms with Crippen LogP contribution in [0.1, 0.15) is 11.1 Å². The molecule has 0 aliphatic heterocycles. The molecule has 4 heteroatoms. The molecule has 0 saturated heterocycles. The van der Waals surface area contributed by atoms with Crippen LogP contribution >= 0.6 is 0 Å². The molecule has 4 rings (SSSR count). The van der Waals surface area contributed by atoms with Gasteiger partial charge in [-0.15, -0.1) is 0 Å². The Labute approximate surface area is 140 Å². The van der Waals surface area contributed by atoms with Crippen LogP contribution in [0.3, 0.4) is 0 Å². The zero-order valence-electron chi connectivity index (χ0n) is 13.4. The molecule has 0 aliphatic rings. The number of anilines is 1. The molecule has 0 unspecified atom stereocenters. The molecule has 24 heavy (non-hydrogen) atoms. The maximum atomic E-state index is 5.45. The summed E-state index contributed by atoms with van der Waals surface area (Å²) in [5.41, 5.74) is 3.36. The highest BCUT2D eigenvalue weighted by Gasteiger charge is 2.10. The van der Waals surface area contributed by atoms with Gasteiger partial charge in [-0.2, -0.15) is 0 Å². The molecule has 1 N–H and O–H groups in total. The third-order valence-corrected chi connectivity index (χ3v) is 3.93. The highest BCUT2D eigenvalue weighted by Crippen LogP contribution is 2.25. The van der Waals surface area contributed by atoms with Crippen molar-refractivity contribution in [1.82, 2.24) is 9.97 Å². The quantitative estimate of drug-likeness (QED) is 0.587. The normalized spacial score (nSPS) is 10.9. The number of rotatable bonds is 4. The Morgan fingerprint density at radius 2 is 1.75 bits per heavy atom. The number of furan rings is 1. The zero-order valence-corrected chi connectivity index (χ0v) is 13.4. The molecule has 0 bridgehead atoms. The summed E-state index contributed by atoms with van der Waals surface area (Å²) in [5, 5.41) is 4.43. The number of aromatic nitrogens is 2. The van der Waals surface area contributed by atoms with Crippen LogP contribution < -0.4 is 5.32 Å². The molecule has 118 valence electrons. The number of aryl methyl sites for hydroxylation is 1. The number of para-hydroxylation sites is 1. The predicted molar refractivity (Wildman–Crippen MR) is 95.7 cm³/mol. The Balaban J connectivity index is 1.71. The summed E-state index contributed by atoms with van der Waals surface area (Å²) in [7, 11) is 0. The molecule has 2 aromatic carbocycles. The Kier molecular flexibility index (Phi) is 3.71. The number of nitrogens with one attached hydrogen (secondary N) is 1. The first-order chi connectivity index (χ1) is 11.8. The van der Waals surface area contributed by atoms with Crippen LogP contribution in [0.15, 0.2) is 71.3 Å². The van der Waals surface area contributed by atoms with Crippen LogP contribution in [0.4, 0.5) is 5.82 Å². The van der Waals surface area contributed by atoms with Gasteiger partial charge in [-0.25, -0.2) is 9.97 Å². The average molecular weight is 315 g/mol. The molecule has 0 spiro atoms. The lowest BCUT2D eigenvalue weighted by molar-refractivity contribution is 0.577. The molecule has 0 atom stereocenters. The van der Waals surface area contributed by atoms with E-state index >= 15 is 0 Å². The number of fused-ring (bicyclic) bond motifs is 1. The molecule has 2 heterocycles. The van der Waals surface area contributed by atoms with Gasteiger partial charge in [0.15, 0.2) is 11.6 Å². The smallest absolute Gasteiger partial charge is 0.198 e. The van der Waals surface area contributed by atoms with Gasteiger partial charge in [0, 0.05) is 11.9 Å². The second kappa shape index (κ2) is 6.16. The van der Waals surface area contributed by atoms with Crippen molar-refractivity contribution < 1.29 is 4.42 Å². The first-order valence-electron chi connectivity index (χ1n) is 7.90. The van der Waals surface area contributed by atoms with Crippen LogP contribution in [0.25, 0.3) is 22.5 Å². The fourth-order valence-electron chi connectivity index (χ4n) is 2.62. The van der Waals surface area contributed by atoms with Crippen molar-refractivity contribution >= 4 is 16.7 Å². The van der Waals surface area contributed by atoms with Gasteiger partial charge in [0.2, 0.25) is 0 Å². The van der Waals surface area contributed by atoms with Crippen molar-refractivity contribution in [3.8, 4) is 11.6 Å². The predicted octanol–water partition coefficient (Wildman–Crippen LogP) is 4.81. The maximum absolute atomic E-state index is 5.45. The van der Waals surface area contributed by atoms with Crippen LogP contribution in [-0.4, -0.2) is 9.97 Å². The van der Waals surface area contributed by atoms with Gasteiger partial charge in [0.05, 0.1) is 11.8 Å². The van der Waals surface area contributed by atoms with Gasteiger partial charge in [0.1, 0.15) is 5.82 Å². The fraction of sp³-hybridized carbons (Fsp3) is 0.100. The van der Waals surface area contributed by atoms with E-state index in [2.05, 4.69) is 46.5 Å². The Bertz CT molecular complexity index is 960. The summed E-state index contributed by atoms with van der Waals surface area (Å²) in [6, 6.07) is 20.2. The third kappa shape index (κ3) is 2.86. The summed E-state index contributed by atoms with van der Waals surface area (Å²) < 4.78 is 5.45. The van der Waals surface area contributed by atoms with Crippen molar-refractivity contribution in [2.24, 2.45) is 0 Å². The maximum Gasteiger partial charge on any atom is 0.198 e. The van der Waals surface area contributed by atoms with E-state index in [0.29, 0.717) is 18.1 Å². The van der Waals surface area contributed by atoms with Gasteiger partial charge < -0.3 is 9.73 Å². The topological polar surface area (TPSA) is 51.0 Å². The highest BCUT2D eigenvalue weighted by molar-refractivity contribution is 5.90. The van der Waals surface area contributed by atoms with E-state index in [0.717, 1.165) is 16.7 Å². The third-order valence-electron chi connectivity index (χ3n) is 3.93. The number of hydrogen-bond acceptors (Lipinski definition) is 4. The van der Waals surface area contributed by atoms with Crippen molar-refractivity contribution in [3.63, 3.8) is 0 Å². The minimum atomic E-state index is 0.588. The highest BCUT2D eigenvalue weighted by atomic mass is 16.3. The summed E-state index contributed by atoms with van der Waals surface area (Å²) in [6.07, 6.45) is 1.63. The van der Waals surface area contributed by atoms with E-state index < -0.39 is 0 Å². The Hall–Kier alpha value is -3.14. The minimum Gasteiger partial charge on any atom is -0.461 e. The summed E-state index contributed by atoms with van der Waals surface area (Å²) in [6.45, 7) is 2.80. The summed E-state index contributed by atoms with van der Waals surface area (Å²) >= 11 is 0. The monoisotopic (exact) mass is 315 g/mol. The van der Waals surface area contributed by atoms with Gasteiger partial charge in [-0.05, 0) is 36.8 Å². The van der Waals surface area contributed by atoms with Crippen LogP contribution in [0, 0.1) is 6.92 Å². The molecule has 4 aromatic rings. The van der Waals surface area contributed by atoms with Crippen LogP contribution in [-0.2, 0) is 6.54 Å². The minimum absolute atomic E-state index is 0.588. The molecule has 0 saturated carbocycles. The summed E-state index contributed by atoms with van der Waals surface area (Å²) in [4.78, 5) is 9.26. The molecular formula is C20H17N3O. The van der Waals surface area contributed by atoms with Crippen molar-refractivity contribution in [1.29, 1.82) is 0 Å². The zero-order chi connectivity index (χ0) is 16.4. The van der Waals surface area contributed by atoms with Crippen molar-refractivity contribution in [3.05, 3.63) is 78.1 Å². The first kappa shape index (κ1) is 14.5. The lowest BCUT2D eigenvalue weighted by atomic mass is 10.1. The molecule has 0 radical (unpaired) electrons. The van der Waals surface area contributed by atoms with E-state index in [9.17, 15) is 0 Å². The van der Waals surface area contributed by atoms with E-state index in [1.54, 1.807) is 6.26 Å². The van der Waals surface area contributed by atoms with E-state index in [1.807, 2.05) is 36.4 Å². The molecular weight excluding hydrogens is 298 g/mol. The Morgan fingerprint density at radius 1 is 0.917 bits per heavy atom. The largest absolute Gasteiger partial charge is 0.461 e. The first-order valence-corrected chi connectivity index (χ1v) is 7.90. The summed E-state index contributed by atoms with van der Waals surface area (Å²) in [5.74, 6) is 2.07. The van der Waals surface area contributed by atoms with Crippen molar-refractivity contribution in [2.45, 2.75) is 13.5 Å². The standard InChI is InChI=1S/C20H17N3O/c1-14-8-10-15(11-9-14)13-21-19-16-5-2-3-6-17(16)22-20(23-19)18-7-4-12-24-18/h2-12H,13H2,1H3,(H,21,22,23). The van der Waals surface area contributed by atoms with Crippen molar-refractivity contribution in [2.75, 3.05) is 5.32 Å². The fourth-order valence-corrected chi connectivity index (χ4v) is 2.62. The van der Waals surface area contributed by atoms with Gasteiger partial charge in [-0.1, -0.05) is 42.0 Å². The molecule has 0 aliphatic carbocycles.